The van der Waals surface area contributed by atoms with E-state index in [2.05, 4.69) is 10.6 Å². The first-order valence-electron chi connectivity index (χ1n) is 11.6. The van der Waals surface area contributed by atoms with Crippen LogP contribution in [0.5, 0.6) is 0 Å². The molecule has 0 atom stereocenters. The Morgan fingerprint density at radius 2 is 0.762 bits per heavy atom. The van der Waals surface area contributed by atoms with Crippen LogP contribution >= 0.6 is 0 Å². The molecule has 0 aliphatic rings. The molecule has 0 radical (unpaired) electrons. The van der Waals surface area contributed by atoms with Crippen LogP contribution in [0, 0.1) is 0 Å². The van der Waals surface area contributed by atoms with Crippen molar-refractivity contribution in [3.05, 3.63) is 106 Å². The minimum Gasteiger partial charge on any atom is -0.478 e. The lowest BCUT2D eigenvalue weighted by Gasteiger charge is -2.16. The van der Waals surface area contributed by atoms with Crippen molar-refractivity contribution in [1.29, 1.82) is 0 Å². The third-order valence-corrected chi connectivity index (χ3v) is 6.05. The highest BCUT2D eigenvalue weighted by atomic mass is 19.4. The SMILES string of the molecule is O=C(O)c1ccc(C(=O)O)c2c(C(=O)Nc3ccc(C(F)(F)F)cc3)ccc(C(=O)Nc3ccc(C(F)(F)F)cc3)c12. The van der Waals surface area contributed by atoms with Gasteiger partial charge >= 0.3 is 24.3 Å². The summed E-state index contributed by atoms with van der Waals surface area (Å²) in [6, 6.07) is 10.5. The number of hydrogen-bond donors (Lipinski definition) is 4. The van der Waals surface area contributed by atoms with Gasteiger partial charge in [-0.25, -0.2) is 9.59 Å². The number of nitrogens with one attached hydrogen (secondary N) is 2. The first kappa shape index (κ1) is 29.6. The summed E-state index contributed by atoms with van der Waals surface area (Å²) in [6.07, 6.45) is -9.28. The maximum absolute atomic E-state index is 13.2. The summed E-state index contributed by atoms with van der Waals surface area (Å²) in [7, 11) is 0. The minimum absolute atomic E-state index is 0.100. The molecule has 0 spiro atoms. The molecule has 0 aliphatic carbocycles. The Balaban J connectivity index is 1.82. The Kier molecular flexibility index (Phi) is 7.66. The van der Waals surface area contributed by atoms with E-state index in [4.69, 9.17) is 0 Å². The number of amides is 2. The number of carbonyl (C=O) groups excluding carboxylic acids is 2. The molecule has 0 aromatic heterocycles. The van der Waals surface area contributed by atoms with Crippen LogP contribution in [-0.4, -0.2) is 34.0 Å². The number of halogens is 6. The number of carboxylic acid groups (broad SMARTS) is 2. The van der Waals surface area contributed by atoms with Crippen LogP contribution in [0.3, 0.4) is 0 Å². The number of carboxylic acids is 2. The summed E-state index contributed by atoms with van der Waals surface area (Å²) in [5.41, 5.74) is -4.17. The summed E-state index contributed by atoms with van der Waals surface area (Å²) in [4.78, 5) is 50.5. The first-order valence-corrected chi connectivity index (χ1v) is 11.6. The van der Waals surface area contributed by atoms with E-state index in [1.165, 1.54) is 0 Å². The standard InChI is InChI=1S/C28H16F6N2O6/c29-27(30,31)13-1-5-15(6-2-13)35-23(37)17-9-10-18(22-20(26(41)42)12-11-19(21(17)22)25(39)40)24(38)36-16-7-3-14(4-8-16)28(32,33)34/h1-12H,(H,35,37)(H,36,38)(H,39,40)(H,41,42). The highest BCUT2D eigenvalue weighted by Crippen LogP contribution is 2.34. The number of hydrogen-bond acceptors (Lipinski definition) is 4. The van der Waals surface area contributed by atoms with E-state index < -0.39 is 80.3 Å². The molecule has 0 bridgehead atoms. The predicted molar refractivity (Wildman–Crippen MR) is 137 cm³/mol. The van der Waals surface area contributed by atoms with Crippen molar-refractivity contribution in [2.45, 2.75) is 12.4 Å². The molecular formula is C28H16F6N2O6. The zero-order valence-corrected chi connectivity index (χ0v) is 20.7. The van der Waals surface area contributed by atoms with Gasteiger partial charge in [-0.15, -0.1) is 0 Å². The molecule has 14 heteroatoms. The molecule has 0 heterocycles. The fraction of sp³-hybridized carbons (Fsp3) is 0.0714. The Hall–Kier alpha value is -5.40. The van der Waals surface area contributed by atoms with E-state index in [-0.39, 0.29) is 11.4 Å². The molecule has 4 rings (SSSR count). The van der Waals surface area contributed by atoms with Gasteiger partial charge in [-0.2, -0.15) is 26.3 Å². The summed E-state index contributed by atoms with van der Waals surface area (Å²) >= 11 is 0. The Morgan fingerprint density at radius 3 is 1.02 bits per heavy atom. The molecule has 42 heavy (non-hydrogen) atoms. The van der Waals surface area contributed by atoms with Crippen molar-refractivity contribution >= 4 is 45.9 Å². The van der Waals surface area contributed by atoms with E-state index in [1.54, 1.807) is 0 Å². The molecule has 4 aromatic carbocycles. The average Bonchev–Trinajstić information content (AvgIpc) is 2.91. The normalized spacial score (nSPS) is 11.7. The van der Waals surface area contributed by atoms with Crippen molar-refractivity contribution in [3.63, 3.8) is 0 Å². The van der Waals surface area contributed by atoms with Gasteiger partial charge in [0.15, 0.2) is 0 Å². The lowest BCUT2D eigenvalue weighted by Crippen LogP contribution is -2.18. The first-order chi connectivity index (χ1) is 19.6. The molecule has 0 saturated carbocycles. The van der Waals surface area contributed by atoms with Gasteiger partial charge in [-0.1, -0.05) is 0 Å². The van der Waals surface area contributed by atoms with Crippen LogP contribution in [0.25, 0.3) is 10.8 Å². The smallest absolute Gasteiger partial charge is 0.416 e. The second-order valence-electron chi connectivity index (χ2n) is 8.74. The van der Waals surface area contributed by atoms with Crippen LogP contribution in [-0.2, 0) is 12.4 Å². The van der Waals surface area contributed by atoms with Crippen LogP contribution in [0.4, 0.5) is 37.7 Å². The van der Waals surface area contributed by atoms with E-state index in [1.807, 2.05) is 0 Å². The van der Waals surface area contributed by atoms with E-state index in [9.17, 15) is 55.7 Å². The number of alkyl halides is 6. The van der Waals surface area contributed by atoms with Gasteiger partial charge in [0.05, 0.1) is 22.3 Å². The molecule has 4 N–H and O–H groups in total. The van der Waals surface area contributed by atoms with Gasteiger partial charge in [0.25, 0.3) is 11.8 Å². The Morgan fingerprint density at radius 1 is 0.476 bits per heavy atom. The highest BCUT2D eigenvalue weighted by Gasteiger charge is 2.31. The molecule has 0 unspecified atom stereocenters. The van der Waals surface area contributed by atoms with Crippen LogP contribution in [0.1, 0.15) is 52.6 Å². The zero-order chi connectivity index (χ0) is 31.0. The van der Waals surface area contributed by atoms with Crippen LogP contribution < -0.4 is 10.6 Å². The molecular weight excluding hydrogens is 574 g/mol. The number of rotatable bonds is 6. The average molecular weight is 590 g/mol. The third kappa shape index (κ3) is 6.01. The van der Waals surface area contributed by atoms with Gasteiger partial charge in [0.2, 0.25) is 0 Å². The quantitative estimate of drug-likeness (QED) is 0.183. The number of aromatic carboxylic acids is 2. The molecule has 4 aromatic rings. The zero-order valence-electron chi connectivity index (χ0n) is 20.7. The minimum atomic E-state index is -4.64. The van der Waals surface area contributed by atoms with E-state index in [0.29, 0.717) is 24.3 Å². The third-order valence-electron chi connectivity index (χ3n) is 6.05. The fourth-order valence-corrected chi connectivity index (χ4v) is 4.11. The maximum Gasteiger partial charge on any atom is 0.416 e. The van der Waals surface area contributed by atoms with Crippen molar-refractivity contribution in [1.82, 2.24) is 0 Å². The number of fused-ring (bicyclic) bond motifs is 1. The number of carbonyl (C=O) groups is 4. The van der Waals surface area contributed by atoms with Crippen LogP contribution in [0.2, 0.25) is 0 Å². The fourth-order valence-electron chi connectivity index (χ4n) is 4.11. The van der Waals surface area contributed by atoms with Crippen LogP contribution in [0.15, 0.2) is 72.8 Å². The molecule has 2 amide bonds. The summed E-state index contributed by atoms with van der Waals surface area (Å²) < 4.78 is 77.3. The molecule has 0 aliphatic heterocycles. The second-order valence-corrected chi connectivity index (χ2v) is 8.74. The lowest BCUT2D eigenvalue weighted by atomic mass is 9.90. The van der Waals surface area contributed by atoms with Gasteiger partial charge in [0, 0.05) is 33.3 Å². The van der Waals surface area contributed by atoms with E-state index in [0.717, 1.165) is 48.5 Å². The van der Waals surface area contributed by atoms with Gasteiger partial charge in [-0.3, -0.25) is 9.59 Å². The summed E-state index contributed by atoms with van der Waals surface area (Å²) in [5, 5.41) is 23.3. The van der Waals surface area contributed by atoms with Crippen molar-refractivity contribution in [2.24, 2.45) is 0 Å². The monoisotopic (exact) mass is 590 g/mol. The number of benzene rings is 4. The van der Waals surface area contributed by atoms with E-state index >= 15 is 0 Å². The summed E-state index contributed by atoms with van der Waals surface area (Å²) in [5.74, 6) is -5.25. The Bertz CT molecular complexity index is 1600. The van der Waals surface area contributed by atoms with Gasteiger partial charge in [0.1, 0.15) is 0 Å². The maximum atomic E-state index is 13.2. The Labute approximate surface area is 231 Å². The molecule has 0 saturated heterocycles. The summed E-state index contributed by atoms with van der Waals surface area (Å²) in [6.45, 7) is 0. The topological polar surface area (TPSA) is 133 Å². The van der Waals surface area contributed by atoms with Crippen molar-refractivity contribution in [2.75, 3.05) is 10.6 Å². The molecule has 0 fully saturated rings. The molecule has 216 valence electrons. The van der Waals surface area contributed by atoms with Crippen molar-refractivity contribution < 1.29 is 55.7 Å². The predicted octanol–water partition coefficient (Wildman–Crippen LogP) is 6.78. The van der Waals surface area contributed by atoms with Crippen molar-refractivity contribution in [3.8, 4) is 0 Å². The highest BCUT2D eigenvalue weighted by molar-refractivity contribution is 6.26. The lowest BCUT2D eigenvalue weighted by molar-refractivity contribution is -0.138. The number of anilines is 2. The molecule has 8 nitrogen and oxygen atoms in total. The van der Waals surface area contributed by atoms with Gasteiger partial charge in [-0.05, 0) is 72.8 Å². The second kappa shape index (κ2) is 10.9. The largest absolute Gasteiger partial charge is 0.478 e. The van der Waals surface area contributed by atoms with Gasteiger partial charge < -0.3 is 20.8 Å².